The lowest BCUT2D eigenvalue weighted by Crippen LogP contribution is -2.30. The van der Waals surface area contributed by atoms with E-state index in [0.29, 0.717) is 13.0 Å². The third-order valence-electron chi connectivity index (χ3n) is 1.90. The van der Waals surface area contributed by atoms with Crippen LogP contribution < -0.4 is 11.1 Å². The van der Waals surface area contributed by atoms with E-state index in [4.69, 9.17) is 5.73 Å². The Labute approximate surface area is 101 Å². The fourth-order valence-electron chi connectivity index (χ4n) is 1.17. The molecule has 0 saturated heterocycles. The van der Waals surface area contributed by atoms with E-state index in [1.165, 1.54) is 0 Å². The number of hydrogen-bond donors (Lipinski definition) is 3. The van der Waals surface area contributed by atoms with E-state index in [9.17, 15) is 5.11 Å². The molecule has 0 aliphatic rings. The lowest BCUT2D eigenvalue weighted by molar-refractivity contribution is 0.169. The number of nitrogens with one attached hydrogen (secondary N) is 1. The molecule has 0 aromatic heterocycles. The molecule has 0 bridgehead atoms. The molecule has 0 aliphatic heterocycles. The number of rotatable bonds is 4. The Kier molecular flexibility index (Phi) is 7.03. The van der Waals surface area contributed by atoms with Crippen LogP contribution in [0.25, 0.3) is 0 Å². The number of hydrogen-bond acceptors (Lipinski definition) is 2. The van der Waals surface area contributed by atoms with Crippen molar-refractivity contribution in [3.63, 3.8) is 0 Å². The first-order chi connectivity index (χ1) is 6.70. The Bertz CT molecular complexity index is 295. The first-order valence-corrected chi connectivity index (χ1v) is 4.87. The van der Waals surface area contributed by atoms with E-state index in [1.54, 1.807) is 0 Å². The van der Waals surface area contributed by atoms with Crippen molar-refractivity contribution >= 4 is 29.7 Å². The lowest BCUT2D eigenvalue weighted by Gasteiger charge is -2.11. The Morgan fingerprint density at radius 2 is 2.00 bits per heavy atom. The van der Waals surface area contributed by atoms with E-state index < -0.39 is 6.10 Å². The van der Waals surface area contributed by atoms with Crippen molar-refractivity contribution in [3.05, 3.63) is 35.9 Å². The second-order valence-electron chi connectivity index (χ2n) is 3.01. The molecule has 3 nitrogen and oxygen atoms in total. The van der Waals surface area contributed by atoms with Gasteiger partial charge in [0.05, 0.1) is 6.10 Å². The Morgan fingerprint density at radius 3 is 2.53 bits per heavy atom. The van der Waals surface area contributed by atoms with Crippen molar-refractivity contribution < 1.29 is 5.11 Å². The van der Waals surface area contributed by atoms with Crippen molar-refractivity contribution in [3.8, 4) is 0 Å². The fourth-order valence-corrected chi connectivity index (χ4v) is 1.28. The molecule has 1 unspecified atom stereocenters. The maximum Gasteiger partial charge on any atom is 0.163 e. The van der Waals surface area contributed by atoms with Crippen LogP contribution in [0.1, 0.15) is 18.1 Å². The van der Waals surface area contributed by atoms with Gasteiger partial charge in [0.15, 0.2) is 5.11 Å². The van der Waals surface area contributed by atoms with Gasteiger partial charge < -0.3 is 16.2 Å². The summed E-state index contributed by atoms with van der Waals surface area (Å²) in [6.07, 6.45) is 0.138. The molecular formula is C10H15ClN2OS. The highest BCUT2D eigenvalue weighted by Gasteiger charge is 2.05. The van der Waals surface area contributed by atoms with Crippen LogP contribution in [0.2, 0.25) is 0 Å². The van der Waals surface area contributed by atoms with Gasteiger partial charge in [-0.15, -0.1) is 12.4 Å². The number of aliphatic hydroxyl groups is 1. The summed E-state index contributed by atoms with van der Waals surface area (Å²) in [4.78, 5) is 0. The molecule has 0 heterocycles. The van der Waals surface area contributed by atoms with Crippen molar-refractivity contribution in [2.75, 3.05) is 6.54 Å². The average molecular weight is 247 g/mol. The van der Waals surface area contributed by atoms with Crippen LogP contribution in [0, 0.1) is 0 Å². The quantitative estimate of drug-likeness (QED) is 0.703. The minimum absolute atomic E-state index is 0. The number of nitrogens with two attached hydrogens (primary N) is 1. The highest BCUT2D eigenvalue weighted by molar-refractivity contribution is 7.80. The molecule has 1 atom stereocenters. The van der Waals surface area contributed by atoms with Gasteiger partial charge >= 0.3 is 0 Å². The number of aliphatic hydroxyl groups excluding tert-OH is 1. The summed E-state index contributed by atoms with van der Waals surface area (Å²) in [6.45, 7) is 0.589. The molecule has 15 heavy (non-hydrogen) atoms. The zero-order chi connectivity index (χ0) is 10.4. The number of benzene rings is 1. The van der Waals surface area contributed by atoms with E-state index in [0.717, 1.165) is 5.56 Å². The molecular weight excluding hydrogens is 232 g/mol. The first kappa shape index (κ1) is 14.2. The SMILES string of the molecule is Cl.NC(=S)NCCC(O)c1ccccc1. The van der Waals surface area contributed by atoms with Crippen LogP contribution in [0.3, 0.4) is 0 Å². The Morgan fingerprint density at radius 1 is 1.40 bits per heavy atom. The van der Waals surface area contributed by atoms with Gasteiger partial charge in [-0.05, 0) is 24.2 Å². The average Bonchev–Trinajstić information content (AvgIpc) is 2.18. The number of thiocarbonyl (C=S) groups is 1. The summed E-state index contributed by atoms with van der Waals surface area (Å²) in [7, 11) is 0. The third-order valence-corrected chi connectivity index (χ3v) is 2.05. The van der Waals surface area contributed by atoms with Crippen molar-refractivity contribution in [1.29, 1.82) is 0 Å². The molecule has 4 N–H and O–H groups in total. The topological polar surface area (TPSA) is 58.3 Å². The van der Waals surface area contributed by atoms with Gasteiger partial charge in [0.2, 0.25) is 0 Å². The molecule has 1 rings (SSSR count). The molecule has 0 aliphatic carbocycles. The smallest absolute Gasteiger partial charge is 0.163 e. The standard InChI is InChI=1S/C10H14N2OS.ClH/c11-10(14)12-7-6-9(13)8-4-2-1-3-5-8;/h1-5,9,13H,6-7H2,(H3,11,12,14);1H. The summed E-state index contributed by atoms with van der Waals surface area (Å²) in [5, 5.41) is 12.8. The summed E-state index contributed by atoms with van der Waals surface area (Å²) < 4.78 is 0. The predicted molar refractivity (Wildman–Crippen MR) is 68.1 cm³/mol. The molecule has 1 aromatic carbocycles. The molecule has 0 amide bonds. The second kappa shape index (κ2) is 7.45. The third kappa shape index (κ3) is 5.57. The van der Waals surface area contributed by atoms with Crippen LogP contribution in [0.15, 0.2) is 30.3 Å². The van der Waals surface area contributed by atoms with Gasteiger partial charge in [0.1, 0.15) is 0 Å². The van der Waals surface area contributed by atoms with Crippen LogP contribution in [0.4, 0.5) is 0 Å². The molecule has 5 heteroatoms. The first-order valence-electron chi connectivity index (χ1n) is 4.46. The highest BCUT2D eigenvalue weighted by atomic mass is 35.5. The van der Waals surface area contributed by atoms with Crippen molar-refractivity contribution in [1.82, 2.24) is 5.32 Å². The zero-order valence-electron chi connectivity index (χ0n) is 8.22. The predicted octanol–water partition coefficient (Wildman–Crippen LogP) is 1.37. The van der Waals surface area contributed by atoms with Gasteiger partial charge in [-0.1, -0.05) is 30.3 Å². The minimum atomic E-state index is -0.460. The van der Waals surface area contributed by atoms with Gasteiger partial charge in [-0.3, -0.25) is 0 Å². The zero-order valence-corrected chi connectivity index (χ0v) is 9.85. The maximum atomic E-state index is 9.71. The van der Waals surface area contributed by atoms with Crippen LogP contribution in [-0.2, 0) is 0 Å². The van der Waals surface area contributed by atoms with E-state index in [2.05, 4.69) is 17.5 Å². The van der Waals surface area contributed by atoms with E-state index in [-0.39, 0.29) is 17.5 Å². The van der Waals surface area contributed by atoms with Crippen LogP contribution in [-0.4, -0.2) is 16.8 Å². The highest BCUT2D eigenvalue weighted by Crippen LogP contribution is 2.14. The Balaban J connectivity index is 0.00000196. The summed E-state index contributed by atoms with van der Waals surface area (Å²) >= 11 is 4.65. The molecule has 0 spiro atoms. The molecule has 1 aromatic rings. The molecule has 0 saturated carbocycles. The van der Waals surface area contributed by atoms with Crippen LogP contribution in [0.5, 0.6) is 0 Å². The van der Waals surface area contributed by atoms with E-state index >= 15 is 0 Å². The van der Waals surface area contributed by atoms with E-state index in [1.807, 2.05) is 30.3 Å². The minimum Gasteiger partial charge on any atom is -0.388 e. The Hall–Kier alpha value is -0.840. The second-order valence-corrected chi connectivity index (χ2v) is 3.45. The van der Waals surface area contributed by atoms with Crippen LogP contribution >= 0.6 is 24.6 Å². The summed E-state index contributed by atoms with van der Waals surface area (Å²) in [6, 6.07) is 9.51. The van der Waals surface area contributed by atoms with Gasteiger partial charge in [-0.25, -0.2) is 0 Å². The fraction of sp³-hybridized carbons (Fsp3) is 0.300. The largest absolute Gasteiger partial charge is 0.388 e. The van der Waals surface area contributed by atoms with Gasteiger partial charge in [0.25, 0.3) is 0 Å². The van der Waals surface area contributed by atoms with Gasteiger partial charge in [0, 0.05) is 6.54 Å². The molecule has 0 fully saturated rings. The molecule has 84 valence electrons. The maximum absolute atomic E-state index is 9.71. The summed E-state index contributed by atoms with van der Waals surface area (Å²) in [5.74, 6) is 0. The monoisotopic (exact) mass is 246 g/mol. The van der Waals surface area contributed by atoms with Crippen molar-refractivity contribution in [2.24, 2.45) is 5.73 Å². The molecule has 0 radical (unpaired) electrons. The lowest BCUT2D eigenvalue weighted by atomic mass is 10.1. The normalized spacial score (nSPS) is 11.3. The van der Waals surface area contributed by atoms with Gasteiger partial charge in [-0.2, -0.15) is 0 Å². The summed E-state index contributed by atoms with van der Waals surface area (Å²) in [5.41, 5.74) is 6.17. The van der Waals surface area contributed by atoms with Crippen molar-refractivity contribution in [2.45, 2.75) is 12.5 Å². The number of halogens is 1.